The molecule has 0 aliphatic heterocycles. The SMILES string of the molecule is CCCCCCn1nnc(Br)c1I. The molecule has 5 heteroatoms. The van der Waals surface area contributed by atoms with Gasteiger partial charge in [0.25, 0.3) is 0 Å². The minimum absolute atomic E-state index is 0.851. The highest BCUT2D eigenvalue weighted by atomic mass is 127. The molecular formula is C8H13BrIN3. The number of halogens is 2. The molecule has 13 heavy (non-hydrogen) atoms. The van der Waals surface area contributed by atoms with E-state index in [1.54, 1.807) is 0 Å². The Hall–Kier alpha value is 0.350. The Morgan fingerprint density at radius 1 is 1.38 bits per heavy atom. The second-order valence-electron chi connectivity index (χ2n) is 2.95. The first kappa shape index (κ1) is 11.4. The molecule has 1 heterocycles. The molecule has 0 amide bonds. The fourth-order valence-electron chi connectivity index (χ4n) is 1.11. The van der Waals surface area contributed by atoms with E-state index in [0.717, 1.165) is 14.8 Å². The number of unbranched alkanes of at least 4 members (excludes halogenated alkanes) is 3. The minimum Gasteiger partial charge on any atom is -0.238 e. The van der Waals surface area contributed by atoms with Crippen LogP contribution in [0.25, 0.3) is 0 Å². The molecule has 0 aromatic carbocycles. The molecule has 0 saturated heterocycles. The molecule has 0 aliphatic rings. The molecule has 1 aromatic heterocycles. The van der Waals surface area contributed by atoms with E-state index in [9.17, 15) is 0 Å². The lowest BCUT2D eigenvalue weighted by Gasteiger charge is -2.00. The van der Waals surface area contributed by atoms with Crippen molar-refractivity contribution in [2.24, 2.45) is 0 Å². The van der Waals surface area contributed by atoms with Crippen LogP contribution in [-0.2, 0) is 6.54 Å². The Kier molecular flexibility index (Phi) is 5.23. The summed E-state index contributed by atoms with van der Waals surface area (Å²) in [5.74, 6) is 0. The monoisotopic (exact) mass is 357 g/mol. The van der Waals surface area contributed by atoms with Crippen LogP contribution in [0.5, 0.6) is 0 Å². The van der Waals surface area contributed by atoms with Crippen LogP contribution >= 0.6 is 38.5 Å². The quantitative estimate of drug-likeness (QED) is 0.598. The maximum atomic E-state index is 4.03. The molecule has 0 radical (unpaired) electrons. The van der Waals surface area contributed by atoms with Gasteiger partial charge in [0.2, 0.25) is 0 Å². The van der Waals surface area contributed by atoms with E-state index in [1.165, 1.54) is 25.7 Å². The summed E-state index contributed by atoms with van der Waals surface area (Å²) in [6.45, 7) is 3.20. The average molecular weight is 358 g/mol. The summed E-state index contributed by atoms with van der Waals surface area (Å²) in [6, 6.07) is 0. The van der Waals surface area contributed by atoms with Crippen LogP contribution in [0, 0.1) is 3.70 Å². The van der Waals surface area contributed by atoms with E-state index in [0.29, 0.717) is 0 Å². The first-order valence-corrected chi connectivity index (χ1v) is 6.37. The third kappa shape index (κ3) is 3.53. The lowest BCUT2D eigenvalue weighted by molar-refractivity contribution is 0.520. The summed E-state index contributed by atoms with van der Waals surface area (Å²) >= 11 is 5.59. The van der Waals surface area contributed by atoms with E-state index in [2.05, 4.69) is 55.8 Å². The van der Waals surface area contributed by atoms with E-state index in [4.69, 9.17) is 0 Å². The Labute approximate surface area is 101 Å². The average Bonchev–Trinajstić information content (AvgIpc) is 2.43. The first-order chi connectivity index (χ1) is 6.25. The standard InChI is InChI=1S/C8H13BrIN3/c1-2-3-4-5-6-13-8(10)7(9)11-12-13/h2-6H2,1H3. The van der Waals surface area contributed by atoms with Gasteiger partial charge in [0.15, 0.2) is 4.60 Å². The molecule has 0 saturated carbocycles. The summed E-state index contributed by atoms with van der Waals surface area (Å²) in [5.41, 5.74) is 0. The minimum atomic E-state index is 0.851. The molecule has 1 rings (SSSR count). The maximum absolute atomic E-state index is 4.03. The predicted octanol–water partition coefficient (Wildman–Crippen LogP) is 3.23. The summed E-state index contributed by atoms with van der Waals surface area (Å²) in [6.07, 6.45) is 5.06. The van der Waals surface area contributed by atoms with Crippen LogP contribution in [-0.4, -0.2) is 15.0 Å². The van der Waals surface area contributed by atoms with Gasteiger partial charge in [-0.2, -0.15) is 0 Å². The highest BCUT2D eigenvalue weighted by Gasteiger charge is 2.05. The largest absolute Gasteiger partial charge is 0.238 e. The number of nitrogens with zero attached hydrogens (tertiary/aromatic N) is 3. The van der Waals surface area contributed by atoms with Crippen LogP contribution in [0.1, 0.15) is 32.6 Å². The van der Waals surface area contributed by atoms with Gasteiger partial charge >= 0.3 is 0 Å². The number of hydrogen-bond donors (Lipinski definition) is 0. The Morgan fingerprint density at radius 3 is 2.69 bits per heavy atom. The van der Waals surface area contributed by atoms with Crippen molar-refractivity contribution in [1.29, 1.82) is 0 Å². The van der Waals surface area contributed by atoms with Crippen LogP contribution in [0.4, 0.5) is 0 Å². The van der Waals surface area contributed by atoms with Gasteiger partial charge in [0, 0.05) is 6.54 Å². The smallest absolute Gasteiger partial charge is 0.161 e. The molecule has 0 aliphatic carbocycles. The number of rotatable bonds is 5. The van der Waals surface area contributed by atoms with E-state index >= 15 is 0 Å². The van der Waals surface area contributed by atoms with Crippen molar-refractivity contribution in [1.82, 2.24) is 15.0 Å². The second-order valence-corrected chi connectivity index (χ2v) is 4.73. The van der Waals surface area contributed by atoms with Crippen molar-refractivity contribution in [3.05, 3.63) is 8.30 Å². The number of hydrogen-bond acceptors (Lipinski definition) is 2. The Balaban J connectivity index is 2.32. The zero-order valence-corrected chi connectivity index (χ0v) is 11.4. The van der Waals surface area contributed by atoms with Gasteiger partial charge in [-0.25, -0.2) is 4.68 Å². The molecule has 0 bridgehead atoms. The van der Waals surface area contributed by atoms with Crippen molar-refractivity contribution in [3.8, 4) is 0 Å². The summed E-state index contributed by atoms with van der Waals surface area (Å²) in [4.78, 5) is 0. The van der Waals surface area contributed by atoms with E-state index < -0.39 is 0 Å². The Morgan fingerprint density at radius 2 is 2.15 bits per heavy atom. The predicted molar refractivity (Wildman–Crippen MR) is 64.6 cm³/mol. The van der Waals surface area contributed by atoms with Gasteiger partial charge in [0.1, 0.15) is 3.70 Å². The first-order valence-electron chi connectivity index (χ1n) is 4.50. The maximum Gasteiger partial charge on any atom is 0.161 e. The highest BCUT2D eigenvalue weighted by molar-refractivity contribution is 14.1. The zero-order chi connectivity index (χ0) is 9.68. The van der Waals surface area contributed by atoms with Crippen molar-refractivity contribution >= 4 is 38.5 Å². The fourth-order valence-corrected chi connectivity index (χ4v) is 1.83. The third-order valence-corrected chi connectivity index (χ3v) is 4.20. The second kappa shape index (κ2) is 5.95. The topological polar surface area (TPSA) is 30.7 Å². The van der Waals surface area contributed by atoms with Crippen molar-refractivity contribution in [2.75, 3.05) is 0 Å². The van der Waals surface area contributed by atoms with Gasteiger partial charge in [-0.3, -0.25) is 0 Å². The van der Waals surface area contributed by atoms with Gasteiger partial charge in [-0.05, 0) is 44.9 Å². The molecule has 3 nitrogen and oxygen atoms in total. The Bertz CT molecular complexity index is 262. The third-order valence-electron chi connectivity index (χ3n) is 1.86. The van der Waals surface area contributed by atoms with Gasteiger partial charge < -0.3 is 0 Å². The zero-order valence-electron chi connectivity index (χ0n) is 7.63. The molecule has 0 unspecified atom stereocenters. The van der Waals surface area contributed by atoms with Crippen molar-refractivity contribution in [3.63, 3.8) is 0 Å². The molecule has 0 atom stereocenters. The fraction of sp³-hybridized carbons (Fsp3) is 0.750. The van der Waals surface area contributed by atoms with Crippen LogP contribution < -0.4 is 0 Å². The molecular weight excluding hydrogens is 345 g/mol. The number of aromatic nitrogens is 3. The van der Waals surface area contributed by atoms with Crippen LogP contribution in [0.15, 0.2) is 4.60 Å². The summed E-state index contributed by atoms with van der Waals surface area (Å²) < 4.78 is 3.89. The molecule has 1 aromatic rings. The van der Waals surface area contributed by atoms with Crippen LogP contribution in [0.2, 0.25) is 0 Å². The van der Waals surface area contributed by atoms with Crippen molar-refractivity contribution < 1.29 is 0 Å². The lowest BCUT2D eigenvalue weighted by Crippen LogP contribution is -2.02. The normalized spacial score (nSPS) is 10.7. The van der Waals surface area contributed by atoms with Gasteiger partial charge in [0.05, 0.1) is 0 Å². The van der Waals surface area contributed by atoms with Gasteiger partial charge in [-0.1, -0.05) is 31.4 Å². The lowest BCUT2D eigenvalue weighted by atomic mass is 10.2. The highest BCUT2D eigenvalue weighted by Crippen LogP contribution is 2.15. The number of aryl methyl sites for hydroxylation is 1. The summed E-state index contributed by atoms with van der Waals surface area (Å²) in [5, 5.41) is 7.96. The molecule has 0 N–H and O–H groups in total. The molecule has 0 fully saturated rings. The molecule has 0 spiro atoms. The molecule has 74 valence electrons. The van der Waals surface area contributed by atoms with E-state index in [-0.39, 0.29) is 0 Å². The van der Waals surface area contributed by atoms with Crippen molar-refractivity contribution in [2.45, 2.75) is 39.2 Å². The summed E-state index contributed by atoms with van der Waals surface area (Å²) in [7, 11) is 0. The van der Waals surface area contributed by atoms with E-state index in [1.807, 2.05) is 4.68 Å². The van der Waals surface area contributed by atoms with Gasteiger partial charge in [-0.15, -0.1) is 5.10 Å². The van der Waals surface area contributed by atoms with Crippen LogP contribution in [0.3, 0.4) is 0 Å².